The Kier molecular flexibility index (Phi) is 4.92. The van der Waals surface area contributed by atoms with Crippen LogP contribution in [0.1, 0.15) is 12.0 Å². The Morgan fingerprint density at radius 1 is 1.56 bits per heavy atom. The van der Waals surface area contributed by atoms with Crippen LogP contribution in [-0.2, 0) is 10.5 Å². The molecule has 0 spiro atoms. The van der Waals surface area contributed by atoms with Crippen molar-refractivity contribution in [3.8, 4) is 0 Å². The smallest absolute Gasteiger partial charge is 0.232 e. The van der Waals surface area contributed by atoms with Crippen LogP contribution in [0.3, 0.4) is 0 Å². The van der Waals surface area contributed by atoms with E-state index in [0.29, 0.717) is 25.3 Å². The molecule has 0 aliphatic carbocycles. The lowest BCUT2D eigenvalue weighted by Crippen LogP contribution is -2.30. The summed E-state index contributed by atoms with van der Waals surface area (Å²) in [6.45, 7) is 1.16. The third kappa shape index (κ3) is 3.90. The van der Waals surface area contributed by atoms with Crippen LogP contribution in [0, 0.1) is 0 Å². The van der Waals surface area contributed by atoms with Crippen molar-refractivity contribution in [2.45, 2.75) is 18.3 Å². The van der Waals surface area contributed by atoms with Crippen LogP contribution < -0.4 is 0 Å². The predicted octanol–water partition coefficient (Wildman–Crippen LogP) is 2.17. The number of thioether (sulfide) groups is 1. The van der Waals surface area contributed by atoms with E-state index in [2.05, 4.69) is 0 Å². The van der Waals surface area contributed by atoms with E-state index in [0.717, 1.165) is 16.3 Å². The first-order valence-corrected chi connectivity index (χ1v) is 7.46. The Hall–Kier alpha value is -0.710. The van der Waals surface area contributed by atoms with Gasteiger partial charge in [-0.15, -0.1) is 11.8 Å². The molecule has 0 radical (unpaired) electrons. The molecule has 5 heteroatoms. The second-order valence-corrected chi connectivity index (χ2v) is 5.83. The van der Waals surface area contributed by atoms with Crippen molar-refractivity contribution in [1.29, 1.82) is 0 Å². The Balaban J connectivity index is 1.73. The third-order valence-corrected chi connectivity index (χ3v) is 4.12. The number of β-amino-alcohol motifs (C(OH)–C–C–N with tert-alkyl or cyclic N) is 1. The van der Waals surface area contributed by atoms with Crippen molar-refractivity contribution in [2.24, 2.45) is 0 Å². The number of halogens is 1. The molecule has 1 N–H and O–H groups in total. The van der Waals surface area contributed by atoms with Crippen molar-refractivity contribution in [2.75, 3.05) is 18.8 Å². The minimum Gasteiger partial charge on any atom is -0.391 e. The summed E-state index contributed by atoms with van der Waals surface area (Å²) in [4.78, 5) is 13.5. The van der Waals surface area contributed by atoms with Gasteiger partial charge in [0.15, 0.2) is 0 Å². The normalized spacial score (nSPS) is 19.2. The largest absolute Gasteiger partial charge is 0.391 e. The maximum absolute atomic E-state index is 11.8. The van der Waals surface area contributed by atoms with Gasteiger partial charge in [-0.25, -0.2) is 0 Å². The molecule has 1 aliphatic rings. The molecule has 1 amide bonds. The van der Waals surface area contributed by atoms with Gasteiger partial charge < -0.3 is 10.0 Å². The average Bonchev–Trinajstić information content (AvgIpc) is 2.76. The molecular formula is C13H16ClNO2S. The van der Waals surface area contributed by atoms with Gasteiger partial charge in [0.05, 0.1) is 11.9 Å². The lowest BCUT2D eigenvalue weighted by Gasteiger charge is -2.15. The van der Waals surface area contributed by atoms with Crippen molar-refractivity contribution in [1.82, 2.24) is 4.90 Å². The van der Waals surface area contributed by atoms with E-state index in [1.807, 2.05) is 24.3 Å². The number of aliphatic hydroxyl groups excluding tert-OH is 1. The summed E-state index contributed by atoms with van der Waals surface area (Å²) in [6.07, 6.45) is 0.358. The topological polar surface area (TPSA) is 40.5 Å². The van der Waals surface area contributed by atoms with Gasteiger partial charge in [0, 0.05) is 23.9 Å². The summed E-state index contributed by atoms with van der Waals surface area (Å²) in [7, 11) is 0. The molecule has 3 nitrogen and oxygen atoms in total. The van der Waals surface area contributed by atoms with Crippen LogP contribution >= 0.6 is 23.4 Å². The zero-order valence-corrected chi connectivity index (χ0v) is 11.6. The molecule has 1 fully saturated rings. The highest BCUT2D eigenvalue weighted by Gasteiger charge is 2.23. The lowest BCUT2D eigenvalue weighted by molar-refractivity contribution is -0.127. The second-order valence-electron chi connectivity index (χ2n) is 4.40. The van der Waals surface area contributed by atoms with Gasteiger partial charge in [0.1, 0.15) is 0 Å². The highest BCUT2D eigenvalue weighted by Crippen LogP contribution is 2.18. The highest BCUT2D eigenvalue weighted by molar-refractivity contribution is 7.99. The van der Waals surface area contributed by atoms with Gasteiger partial charge in [0.25, 0.3) is 0 Å². The van der Waals surface area contributed by atoms with E-state index in [9.17, 15) is 9.90 Å². The SMILES string of the molecule is O=C(CSCc1cccc(Cl)c1)N1CC[C@H](O)C1. The zero-order valence-electron chi connectivity index (χ0n) is 10.0. The first-order chi connectivity index (χ1) is 8.65. The first kappa shape index (κ1) is 13.7. The van der Waals surface area contributed by atoms with Crippen molar-refractivity contribution >= 4 is 29.3 Å². The van der Waals surface area contributed by atoms with Gasteiger partial charge in [-0.05, 0) is 24.1 Å². The van der Waals surface area contributed by atoms with Gasteiger partial charge >= 0.3 is 0 Å². The van der Waals surface area contributed by atoms with Crippen LogP contribution in [0.2, 0.25) is 5.02 Å². The molecule has 0 saturated carbocycles. The van der Waals surface area contributed by atoms with E-state index in [1.165, 1.54) is 0 Å². The highest BCUT2D eigenvalue weighted by atomic mass is 35.5. The Morgan fingerprint density at radius 3 is 3.06 bits per heavy atom. The van der Waals surface area contributed by atoms with Crippen molar-refractivity contribution < 1.29 is 9.90 Å². The summed E-state index contributed by atoms with van der Waals surface area (Å²) in [6, 6.07) is 7.67. The second kappa shape index (κ2) is 6.45. The standard InChI is InChI=1S/C13H16ClNO2S/c14-11-3-1-2-10(6-11)8-18-9-13(17)15-5-4-12(16)7-15/h1-3,6,12,16H,4-5,7-9H2/t12-/m0/s1. The molecule has 1 heterocycles. The molecule has 1 saturated heterocycles. The Labute approximate surface area is 116 Å². The molecule has 1 atom stereocenters. The summed E-state index contributed by atoms with van der Waals surface area (Å²) in [5.41, 5.74) is 1.13. The molecule has 0 aromatic heterocycles. The van der Waals surface area contributed by atoms with Crippen LogP contribution in [0.4, 0.5) is 0 Å². The van der Waals surface area contributed by atoms with E-state index in [-0.39, 0.29) is 12.0 Å². The summed E-state index contributed by atoms with van der Waals surface area (Å²) in [5.74, 6) is 1.35. The number of carbonyl (C=O) groups excluding carboxylic acids is 1. The zero-order chi connectivity index (χ0) is 13.0. The molecule has 0 unspecified atom stereocenters. The molecule has 18 heavy (non-hydrogen) atoms. The van der Waals surface area contributed by atoms with Gasteiger partial charge in [0.2, 0.25) is 5.91 Å². The van der Waals surface area contributed by atoms with Crippen molar-refractivity contribution in [3.63, 3.8) is 0 Å². The van der Waals surface area contributed by atoms with E-state index in [4.69, 9.17) is 11.6 Å². The summed E-state index contributed by atoms with van der Waals surface area (Å²) in [5, 5.41) is 10.1. The quantitative estimate of drug-likeness (QED) is 0.922. The maximum atomic E-state index is 11.8. The maximum Gasteiger partial charge on any atom is 0.232 e. The first-order valence-electron chi connectivity index (χ1n) is 5.93. The van der Waals surface area contributed by atoms with E-state index < -0.39 is 0 Å². The number of rotatable bonds is 4. The van der Waals surface area contributed by atoms with Gasteiger partial charge in [-0.1, -0.05) is 23.7 Å². The fourth-order valence-corrected chi connectivity index (χ4v) is 3.03. The summed E-state index contributed by atoms with van der Waals surface area (Å²) < 4.78 is 0. The molecule has 1 aromatic rings. The molecule has 0 bridgehead atoms. The number of likely N-dealkylation sites (tertiary alicyclic amines) is 1. The molecular weight excluding hydrogens is 270 g/mol. The minimum absolute atomic E-state index is 0.110. The number of aliphatic hydroxyl groups is 1. The number of nitrogens with zero attached hydrogens (tertiary/aromatic N) is 1. The molecule has 1 aliphatic heterocycles. The van der Waals surface area contributed by atoms with Crippen molar-refractivity contribution in [3.05, 3.63) is 34.9 Å². The van der Waals surface area contributed by atoms with E-state index >= 15 is 0 Å². The third-order valence-electron chi connectivity index (χ3n) is 2.90. The number of benzene rings is 1. The molecule has 1 aromatic carbocycles. The number of hydrogen-bond donors (Lipinski definition) is 1. The van der Waals surface area contributed by atoms with Crippen LogP contribution in [0.15, 0.2) is 24.3 Å². The van der Waals surface area contributed by atoms with Gasteiger partial charge in [-0.3, -0.25) is 4.79 Å². The Morgan fingerprint density at radius 2 is 2.39 bits per heavy atom. The van der Waals surface area contributed by atoms with E-state index in [1.54, 1.807) is 16.7 Å². The van der Waals surface area contributed by atoms with Crippen LogP contribution in [0.25, 0.3) is 0 Å². The summed E-state index contributed by atoms with van der Waals surface area (Å²) >= 11 is 7.47. The Bertz CT molecular complexity index is 427. The van der Waals surface area contributed by atoms with Gasteiger partial charge in [-0.2, -0.15) is 0 Å². The van der Waals surface area contributed by atoms with Crippen LogP contribution in [-0.4, -0.2) is 40.9 Å². The molecule has 98 valence electrons. The number of hydrogen-bond acceptors (Lipinski definition) is 3. The fraction of sp³-hybridized carbons (Fsp3) is 0.462. The monoisotopic (exact) mass is 285 g/mol. The fourth-order valence-electron chi connectivity index (χ4n) is 1.94. The minimum atomic E-state index is -0.341. The lowest BCUT2D eigenvalue weighted by atomic mass is 10.2. The predicted molar refractivity (Wildman–Crippen MR) is 74.8 cm³/mol. The average molecular weight is 286 g/mol. The van der Waals surface area contributed by atoms with Crippen LogP contribution in [0.5, 0.6) is 0 Å². The number of amides is 1. The molecule has 2 rings (SSSR count). The number of carbonyl (C=O) groups is 1.